The number of hydrogen-bond acceptors (Lipinski definition) is 5. The number of allylic oxidation sites excluding steroid dienone is 3. The molecule has 0 saturated carbocycles. The Kier molecular flexibility index (Phi) is 47.6. The lowest BCUT2D eigenvalue weighted by Gasteiger charge is -2.20. The first kappa shape index (κ1) is 57.3. The third-order valence-electron chi connectivity index (χ3n) is 12.0. The van der Waals surface area contributed by atoms with Crippen LogP contribution in [-0.2, 0) is 14.3 Å². The molecule has 2 unspecified atom stereocenters. The van der Waals surface area contributed by atoms with E-state index in [-0.39, 0.29) is 18.5 Å². The van der Waals surface area contributed by atoms with Crippen LogP contribution < -0.4 is 5.32 Å². The quantitative estimate of drug-likeness (QED) is 0.0322. The van der Waals surface area contributed by atoms with Gasteiger partial charge < -0.3 is 20.3 Å². The van der Waals surface area contributed by atoms with Gasteiger partial charge in [0.05, 0.1) is 25.4 Å². The Balaban J connectivity index is 3.51. The number of carbonyl (C=O) groups excluding carboxylic acids is 2. The van der Waals surface area contributed by atoms with Gasteiger partial charge in [0.15, 0.2) is 0 Å². The summed E-state index contributed by atoms with van der Waals surface area (Å²) < 4.78 is 5.44. The van der Waals surface area contributed by atoms with Gasteiger partial charge in [0, 0.05) is 12.8 Å². The number of aliphatic hydroxyl groups excluding tert-OH is 2. The Morgan fingerprint density at radius 1 is 0.458 bits per heavy atom. The van der Waals surface area contributed by atoms with Gasteiger partial charge in [-0.3, -0.25) is 9.59 Å². The zero-order valence-corrected chi connectivity index (χ0v) is 39.5. The van der Waals surface area contributed by atoms with Crippen molar-refractivity contribution in [1.29, 1.82) is 0 Å². The number of aliphatic hydroxyl groups is 2. The number of rotatable bonds is 48. The van der Waals surface area contributed by atoms with Crippen molar-refractivity contribution in [2.75, 3.05) is 13.2 Å². The summed E-state index contributed by atoms with van der Waals surface area (Å²) in [4.78, 5) is 24.4. The number of esters is 1. The van der Waals surface area contributed by atoms with Crippen molar-refractivity contribution in [3.8, 4) is 0 Å². The number of unbranched alkanes of at least 4 members (excludes halogenated alkanes) is 35. The second kappa shape index (κ2) is 49.0. The highest BCUT2D eigenvalue weighted by atomic mass is 16.5. The summed E-state index contributed by atoms with van der Waals surface area (Å²) in [5, 5.41) is 23.0. The fourth-order valence-electron chi connectivity index (χ4n) is 7.92. The number of hydrogen-bond donors (Lipinski definition) is 3. The third kappa shape index (κ3) is 45.7. The van der Waals surface area contributed by atoms with Crippen LogP contribution in [0.3, 0.4) is 0 Å². The number of nitrogens with one attached hydrogen (secondary N) is 1. The van der Waals surface area contributed by atoms with Crippen molar-refractivity contribution in [2.24, 2.45) is 0 Å². The molecule has 0 aliphatic heterocycles. The first-order chi connectivity index (χ1) is 29.0. The minimum absolute atomic E-state index is 0.00445. The smallest absolute Gasteiger partial charge is 0.305 e. The maximum atomic E-state index is 12.4. The largest absolute Gasteiger partial charge is 0.466 e. The standard InChI is InChI=1S/C53H101NO5/c1-3-5-7-9-11-13-15-16-19-22-26-29-33-37-41-45-51(56)50(49-55)54-52(57)46-42-38-34-30-27-23-20-17-18-21-24-28-32-36-40-44-48-59-53(58)47-43-39-35-31-25-14-12-10-8-6-4-2/h17,20,41,45,50-51,55-56H,3-16,18-19,21-40,42-44,46-49H2,1-2H3,(H,54,57)/b20-17-,45-41+. The lowest BCUT2D eigenvalue weighted by atomic mass is 10.0. The molecule has 0 heterocycles. The zero-order chi connectivity index (χ0) is 43.0. The van der Waals surface area contributed by atoms with Gasteiger partial charge in [-0.2, -0.15) is 0 Å². The van der Waals surface area contributed by atoms with Gasteiger partial charge in [-0.25, -0.2) is 0 Å². The maximum Gasteiger partial charge on any atom is 0.305 e. The van der Waals surface area contributed by atoms with Gasteiger partial charge in [0.1, 0.15) is 0 Å². The van der Waals surface area contributed by atoms with Crippen molar-refractivity contribution in [1.82, 2.24) is 5.32 Å². The molecule has 0 spiro atoms. The topological polar surface area (TPSA) is 95.9 Å². The van der Waals surface area contributed by atoms with E-state index in [4.69, 9.17) is 4.74 Å². The summed E-state index contributed by atoms with van der Waals surface area (Å²) in [6, 6.07) is -0.639. The maximum absolute atomic E-state index is 12.4. The molecule has 6 nitrogen and oxygen atoms in total. The van der Waals surface area contributed by atoms with Crippen LogP contribution in [-0.4, -0.2) is 47.4 Å². The molecule has 2 atom stereocenters. The molecule has 0 aliphatic carbocycles. The lowest BCUT2D eigenvalue weighted by Crippen LogP contribution is -2.45. The van der Waals surface area contributed by atoms with E-state index in [9.17, 15) is 19.8 Å². The fraction of sp³-hybridized carbons (Fsp3) is 0.887. The fourth-order valence-corrected chi connectivity index (χ4v) is 7.92. The molecule has 0 aliphatic rings. The molecule has 1 amide bonds. The normalized spacial score (nSPS) is 12.8. The molecular formula is C53H101NO5. The highest BCUT2D eigenvalue weighted by Gasteiger charge is 2.18. The summed E-state index contributed by atoms with van der Waals surface area (Å²) in [7, 11) is 0. The van der Waals surface area contributed by atoms with Gasteiger partial charge in [-0.05, 0) is 57.8 Å². The van der Waals surface area contributed by atoms with E-state index in [0.29, 0.717) is 19.4 Å². The molecule has 0 saturated heterocycles. The van der Waals surface area contributed by atoms with E-state index in [1.807, 2.05) is 6.08 Å². The van der Waals surface area contributed by atoms with Gasteiger partial charge in [-0.15, -0.1) is 0 Å². The van der Waals surface area contributed by atoms with Crippen LogP contribution in [0.25, 0.3) is 0 Å². The Hall–Kier alpha value is -1.66. The molecule has 3 N–H and O–H groups in total. The highest BCUT2D eigenvalue weighted by Crippen LogP contribution is 2.15. The zero-order valence-electron chi connectivity index (χ0n) is 39.5. The van der Waals surface area contributed by atoms with Crippen LogP contribution in [0.2, 0.25) is 0 Å². The van der Waals surface area contributed by atoms with E-state index in [2.05, 4.69) is 31.3 Å². The van der Waals surface area contributed by atoms with Gasteiger partial charge in [-0.1, -0.05) is 231 Å². The molecule has 0 aromatic rings. The van der Waals surface area contributed by atoms with E-state index in [1.165, 1.54) is 186 Å². The van der Waals surface area contributed by atoms with Crippen LogP contribution in [0.15, 0.2) is 24.3 Å². The predicted octanol–water partition coefficient (Wildman–Crippen LogP) is 15.5. The molecule has 348 valence electrons. The number of carbonyl (C=O) groups is 2. The van der Waals surface area contributed by atoms with Gasteiger partial charge >= 0.3 is 5.97 Å². The van der Waals surface area contributed by atoms with Gasteiger partial charge in [0.2, 0.25) is 5.91 Å². The van der Waals surface area contributed by atoms with Crippen LogP contribution in [0.4, 0.5) is 0 Å². The third-order valence-corrected chi connectivity index (χ3v) is 12.0. The number of ether oxygens (including phenoxy) is 1. The van der Waals surface area contributed by atoms with E-state index >= 15 is 0 Å². The predicted molar refractivity (Wildman–Crippen MR) is 255 cm³/mol. The first-order valence-corrected chi connectivity index (χ1v) is 26.1. The van der Waals surface area contributed by atoms with Crippen molar-refractivity contribution in [3.63, 3.8) is 0 Å². The van der Waals surface area contributed by atoms with Gasteiger partial charge in [0.25, 0.3) is 0 Å². The van der Waals surface area contributed by atoms with E-state index in [0.717, 1.165) is 64.2 Å². The molecule has 0 fully saturated rings. The van der Waals surface area contributed by atoms with Crippen molar-refractivity contribution in [3.05, 3.63) is 24.3 Å². The SMILES string of the molecule is CCCCCCCCCCCCCCC/C=C/C(O)C(CO)NC(=O)CCCCCCC/C=C\CCCCCCCCCOC(=O)CCCCCCCCCCCCC. The lowest BCUT2D eigenvalue weighted by molar-refractivity contribution is -0.143. The Morgan fingerprint density at radius 2 is 0.797 bits per heavy atom. The molecule has 59 heavy (non-hydrogen) atoms. The molecule has 0 aromatic heterocycles. The minimum Gasteiger partial charge on any atom is -0.466 e. The molecule has 0 radical (unpaired) electrons. The van der Waals surface area contributed by atoms with E-state index < -0.39 is 12.1 Å². The van der Waals surface area contributed by atoms with Crippen LogP contribution >= 0.6 is 0 Å². The summed E-state index contributed by atoms with van der Waals surface area (Å²) in [6.45, 7) is 4.87. The first-order valence-electron chi connectivity index (χ1n) is 26.1. The Labute approximate surface area is 367 Å². The summed E-state index contributed by atoms with van der Waals surface area (Å²) in [6.07, 6.45) is 57.5. The van der Waals surface area contributed by atoms with Crippen LogP contribution in [0.1, 0.15) is 277 Å². The highest BCUT2D eigenvalue weighted by molar-refractivity contribution is 5.76. The molecule has 0 bridgehead atoms. The monoisotopic (exact) mass is 832 g/mol. The van der Waals surface area contributed by atoms with Crippen LogP contribution in [0, 0.1) is 0 Å². The second-order valence-corrected chi connectivity index (χ2v) is 17.9. The Bertz CT molecular complexity index is 920. The molecule has 6 heteroatoms. The molecule has 0 rings (SSSR count). The summed E-state index contributed by atoms with van der Waals surface area (Å²) in [5.41, 5.74) is 0. The Morgan fingerprint density at radius 3 is 1.20 bits per heavy atom. The molecular weight excluding hydrogens is 731 g/mol. The van der Waals surface area contributed by atoms with E-state index in [1.54, 1.807) is 6.08 Å². The average Bonchev–Trinajstić information content (AvgIpc) is 3.24. The summed E-state index contributed by atoms with van der Waals surface area (Å²) >= 11 is 0. The van der Waals surface area contributed by atoms with Crippen molar-refractivity contribution < 1.29 is 24.5 Å². The second-order valence-electron chi connectivity index (χ2n) is 17.9. The molecule has 0 aromatic carbocycles. The van der Waals surface area contributed by atoms with Crippen LogP contribution in [0.5, 0.6) is 0 Å². The number of amides is 1. The summed E-state index contributed by atoms with van der Waals surface area (Å²) in [5.74, 6) is -0.0891. The minimum atomic E-state index is -0.854. The average molecular weight is 832 g/mol. The van der Waals surface area contributed by atoms with Crippen molar-refractivity contribution in [2.45, 2.75) is 289 Å². The van der Waals surface area contributed by atoms with Crippen molar-refractivity contribution >= 4 is 11.9 Å².